The molecule has 4 heteroatoms. The summed E-state index contributed by atoms with van der Waals surface area (Å²) in [6.45, 7) is 4.32. The Bertz CT molecular complexity index is 677. The van der Waals surface area contributed by atoms with Crippen molar-refractivity contribution in [2.75, 3.05) is 0 Å². The smallest absolute Gasteiger partial charge is 0.0738 e. The molecule has 2 aromatic rings. The van der Waals surface area contributed by atoms with Crippen molar-refractivity contribution in [1.29, 1.82) is 0 Å². The van der Waals surface area contributed by atoms with Gasteiger partial charge in [0.25, 0.3) is 0 Å². The van der Waals surface area contributed by atoms with E-state index in [-0.39, 0.29) is 5.54 Å². The Labute approximate surface area is 134 Å². The molecule has 0 fully saturated rings. The fourth-order valence-electron chi connectivity index (χ4n) is 3.50. The van der Waals surface area contributed by atoms with Crippen LogP contribution in [0.4, 0.5) is 0 Å². The van der Waals surface area contributed by atoms with Crippen LogP contribution in [0.2, 0.25) is 0 Å². The van der Waals surface area contributed by atoms with Gasteiger partial charge < -0.3 is 5.73 Å². The van der Waals surface area contributed by atoms with E-state index >= 15 is 0 Å². The van der Waals surface area contributed by atoms with Crippen molar-refractivity contribution in [3.05, 3.63) is 51.3 Å². The molecule has 0 amide bonds. The maximum atomic E-state index is 6.85. The Kier molecular flexibility index (Phi) is 3.70. The van der Waals surface area contributed by atoms with Crippen LogP contribution in [-0.2, 0) is 19.0 Å². The average molecular weight is 348 g/mol. The Hall–Kier alpha value is -1.13. The van der Waals surface area contributed by atoms with Crippen molar-refractivity contribution >= 4 is 15.9 Å². The van der Waals surface area contributed by atoms with Crippen LogP contribution in [0, 0.1) is 6.92 Å². The summed E-state index contributed by atoms with van der Waals surface area (Å²) in [4.78, 5) is 0. The van der Waals surface area contributed by atoms with Gasteiger partial charge in [0.05, 0.1) is 15.9 Å². The van der Waals surface area contributed by atoms with E-state index in [4.69, 9.17) is 5.73 Å². The summed E-state index contributed by atoms with van der Waals surface area (Å²) in [6, 6.07) is 8.64. The van der Waals surface area contributed by atoms with Crippen LogP contribution in [0.5, 0.6) is 0 Å². The van der Waals surface area contributed by atoms with Gasteiger partial charge in [0.15, 0.2) is 0 Å². The van der Waals surface area contributed by atoms with Crippen LogP contribution in [0.1, 0.15) is 48.2 Å². The lowest BCUT2D eigenvalue weighted by atomic mass is 9.71. The summed E-state index contributed by atoms with van der Waals surface area (Å²) in [7, 11) is 1.99. The van der Waals surface area contributed by atoms with Crippen molar-refractivity contribution in [2.45, 2.75) is 44.6 Å². The highest BCUT2D eigenvalue weighted by Crippen LogP contribution is 2.42. The lowest BCUT2D eigenvalue weighted by Gasteiger charge is -2.38. The zero-order chi connectivity index (χ0) is 15.2. The summed E-state index contributed by atoms with van der Waals surface area (Å²) in [5, 5.41) is 4.49. The Morgan fingerprint density at radius 3 is 2.81 bits per heavy atom. The molecule has 2 N–H and O–H groups in total. The summed E-state index contributed by atoms with van der Waals surface area (Å²) in [5.74, 6) is 0.592. The summed E-state index contributed by atoms with van der Waals surface area (Å²) >= 11 is 3.66. The molecule has 1 heterocycles. The van der Waals surface area contributed by atoms with Gasteiger partial charge in [-0.25, -0.2) is 0 Å². The fraction of sp³-hybridized carbons (Fsp3) is 0.471. The largest absolute Gasteiger partial charge is 0.321 e. The zero-order valence-electron chi connectivity index (χ0n) is 12.9. The first kappa shape index (κ1) is 14.8. The van der Waals surface area contributed by atoms with E-state index in [9.17, 15) is 0 Å². The molecule has 2 unspecified atom stereocenters. The fourth-order valence-corrected chi connectivity index (χ4v) is 3.98. The molecule has 1 aromatic heterocycles. The lowest BCUT2D eigenvalue weighted by Crippen LogP contribution is -2.43. The first-order valence-electron chi connectivity index (χ1n) is 7.48. The Balaban J connectivity index is 2.04. The third-order valence-electron chi connectivity index (χ3n) is 4.80. The van der Waals surface area contributed by atoms with Crippen LogP contribution in [0.15, 0.2) is 28.7 Å². The van der Waals surface area contributed by atoms with E-state index in [1.807, 2.05) is 18.7 Å². The predicted molar refractivity (Wildman–Crippen MR) is 89.3 cm³/mol. The van der Waals surface area contributed by atoms with Crippen molar-refractivity contribution in [1.82, 2.24) is 9.78 Å². The molecule has 0 spiro atoms. The number of halogens is 1. The molecule has 0 bridgehead atoms. The second kappa shape index (κ2) is 5.25. The predicted octanol–water partition coefficient (Wildman–Crippen LogP) is 3.79. The SMILES string of the molecule is Cc1nn(C)c(CC2(N)CCC(C)c3ccccc32)c1Br. The van der Waals surface area contributed by atoms with Crippen molar-refractivity contribution in [3.63, 3.8) is 0 Å². The maximum Gasteiger partial charge on any atom is 0.0738 e. The monoisotopic (exact) mass is 347 g/mol. The molecular weight excluding hydrogens is 326 g/mol. The first-order valence-corrected chi connectivity index (χ1v) is 8.28. The number of aryl methyl sites for hydroxylation is 2. The summed E-state index contributed by atoms with van der Waals surface area (Å²) in [6.07, 6.45) is 2.97. The minimum Gasteiger partial charge on any atom is -0.321 e. The minimum absolute atomic E-state index is 0.300. The van der Waals surface area contributed by atoms with Crippen LogP contribution in [0.3, 0.4) is 0 Å². The highest BCUT2D eigenvalue weighted by atomic mass is 79.9. The zero-order valence-corrected chi connectivity index (χ0v) is 14.4. The van der Waals surface area contributed by atoms with E-state index in [0.29, 0.717) is 5.92 Å². The Morgan fingerprint density at radius 2 is 2.14 bits per heavy atom. The van der Waals surface area contributed by atoms with Gasteiger partial charge in [-0.05, 0) is 52.7 Å². The first-order chi connectivity index (χ1) is 9.92. The van der Waals surface area contributed by atoms with E-state index in [1.165, 1.54) is 16.8 Å². The quantitative estimate of drug-likeness (QED) is 0.898. The van der Waals surface area contributed by atoms with Gasteiger partial charge in [0, 0.05) is 19.0 Å². The van der Waals surface area contributed by atoms with Gasteiger partial charge >= 0.3 is 0 Å². The van der Waals surface area contributed by atoms with Gasteiger partial charge in [0.2, 0.25) is 0 Å². The van der Waals surface area contributed by atoms with E-state index in [0.717, 1.165) is 29.4 Å². The number of hydrogen-bond donors (Lipinski definition) is 1. The normalized spacial score (nSPS) is 24.9. The Morgan fingerprint density at radius 1 is 1.43 bits per heavy atom. The highest BCUT2D eigenvalue weighted by Gasteiger charge is 2.36. The van der Waals surface area contributed by atoms with E-state index in [1.54, 1.807) is 0 Å². The molecule has 1 aliphatic rings. The second-order valence-corrected chi connectivity index (χ2v) is 7.12. The van der Waals surface area contributed by atoms with Crippen molar-refractivity contribution < 1.29 is 0 Å². The maximum absolute atomic E-state index is 6.85. The van der Waals surface area contributed by atoms with Gasteiger partial charge in [-0.3, -0.25) is 4.68 Å². The van der Waals surface area contributed by atoms with E-state index in [2.05, 4.69) is 52.2 Å². The number of aromatic nitrogens is 2. The number of benzene rings is 1. The molecule has 1 aromatic carbocycles. The molecular formula is C17H22BrN3. The minimum atomic E-state index is -0.300. The molecule has 2 atom stereocenters. The van der Waals surface area contributed by atoms with Crippen LogP contribution >= 0.6 is 15.9 Å². The summed E-state index contributed by atoms with van der Waals surface area (Å²) in [5.41, 5.74) is 11.5. The highest BCUT2D eigenvalue weighted by molar-refractivity contribution is 9.10. The van der Waals surface area contributed by atoms with Crippen molar-refractivity contribution in [2.24, 2.45) is 12.8 Å². The molecule has 0 saturated heterocycles. The number of nitrogens with zero attached hydrogens (tertiary/aromatic N) is 2. The molecule has 3 nitrogen and oxygen atoms in total. The third-order valence-corrected chi connectivity index (χ3v) is 5.83. The van der Waals surface area contributed by atoms with Gasteiger partial charge in [-0.1, -0.05) is 31.2 Å². The van der Waals surface area contributed by atoms with E-state index < -0.39 is 0 Å². The van der Waals surface area contributed by atoms with Crippen LogP contribution in [-0.4, -0.2) is 9.78 Å². The van der Waals surface area contributed by atoms with Gasteiger partial charge in [0.1, 0.15) is 0 Å². The van der Waals surface area contributed by atoms with Crippen molar-refractivity contribution in [3.8, 4) is 0 Å². The van der Waals surface area contributed by atoms with Gasteiger partial charge in [-0.15, -0.1) is 0 Å². The molecule has 0 radical (unpaired) electrons. The van der Waals surface area contributed by atoms with Gasteiger partial charge in [-0.2, -0.15) is 5.10 Å². The molecule has 112 valence electrons. The number of rotatable bonds is 2. The number of nitrogens with two attached hydrogens (primary N) is 1. The van der Waals surface area contributed by atoms with Crippen LogP contribution in [0.25, 0.3) is 0 Å². The lowest BCUT2D eigenvalue weighted by molar-refractivity contribution is 0.341. The average Bonchev–Trinajstić information content (AvgIpc) is 2.70. The molecule has 1 aliphatic carbocycles. The number of hydrogen-bond acceptors (Lipinski definition) is 2. The number of fused-ring (bicyclic) bond motifs is 1. The summed E-state index contributed by atoms with van der Waals surface area (Å²) < 4.78 is 3.04. The van der Waals surface area contributed by atoms with Crippen LogP contribution < -0.4 is 5.73 Å². The molecule has 3 rings (SSSR count). The molecule has 0 saturated carbocycles. The third kappa shape index (κ3) is 2.44. The molecule has 0 aliphatic heterocycles. The topological polar surface area (TPSA) is 43.8 Å². The second-order valence-electron chi connectivity index (χ2n) is 6.33. The standard InChI is InChI=1S/C17H22BrN3/c1-11-8-9-17(19,14-7-5-4-6-13(11)14)10-15-16(18)12(2)20-21(15)3/h4-7,11H,8-10,19H2,1-3H3. The molecule has 21 heavy (non-hydrogen) atoms.